The number of halogens is 1. The third-order valence-corrected chi connectivity index (χ3v) is 5.22. The van der Waals surface area contributed by atoms with Gasteiger partial charge in [-0.15, -0.1) is 5.10 Å². The summed E-state index contributed by atoms with van der Waals surface area (Å²) in [5.74, 6) is -0.0686. The Hall–Kier alpha value is -3.24. The van der Waals surface area contributed by atoms with Crippen molar-refractivity contribution in [1.82, 2.24) is 15.0 Å². The van der Waals surface area contributed by atoms with Gasteiger partial charge in [0.25, 0.3) is 0 Å². The van der Waals surface area contributed by atoms with Gasteiger partial charge < -0.3 is 0 Å². The van der Waals surface area contributed by atoms with Crippen molar-refractivity contribution in [3.05, 3.63) is 108 Å². The third kappa shape index (κ3) is 4.13. The number of allylic oxidation sites excluding steroid dienone is 1. The highest BCUT2D eigenvalue weighted by atomic mass is 35.5. The van der Waals surface area contributed by atoms with Crippen LogP contribution in [-0.2, 0) is 0 Å². The van der Waals surface area contributed by atoms with Crippen LogP contribution in [0.25, 0.3) is 11.0 Å². The molecule has 0 bridgehead atoms. The van der Waals surface area contributed by atoms with Crippen molar-refractivity contribution in [2.75, 3.05) is 0 Å². The van der Waals surface area contributed by atoms with Crippen molar-refractivity contribution in [3.63, 3.8) is 0 Å². The van der Waals surface area contributed by atoms with Crippen molar-refractivity contribution >= 4 is 28.4 Å². The number of fused-ring (bicyclic) bond motifs is 1. The number of nitrogens with zero attached hydrogens (tertiary/aromatic N) is 3. The number of hydrogen-bond donors (Lipinski definition) is 0. The number of benzene rings is 3. The van der Waals surface area contributed by atoms with E-state index in [1.807, 2.05) is 95.7 Å². The van der Waals surface area contributed by atoms with Gasteiger partial charge in [0.1, 0.15) is 5.52 Å². The van der Waals surface area contributed by atoms with Crippen molar-refractivity contribution in [1.29, 1.82) is 0 Å². The van der Waals surface area contributed by atoms with E-state index in [0.717, 1.165) is 16.6 Å². The van der Waals surface area contributed by atoms with Crippen LogP contribution in [-0.4, -0.2) is 20.8 Å². The lowest BCUT2D eigenvalue weighted by atomic mass is 9.85. The molecule has 1 heterocycles. The minimum absolute atomic E-state index is 0.0804. The molecule has 0 aliphatic carbocycles. The first-order chi connectivity index (χ1) is 14.3. The van der Waals surface area contributed by atoms with E-state index >= 15 is 0 Å². The predicted molar refractivity (Wildman–Crippen MR) is 116 cm³/mol. The summed E-state index contributed by atoms with van der Waals surface area (Å²) < 4.78 is 1.85. The SMILES string of the molecule is O=C(CC(c1ccccc1)C(/C=C/Cl)n1nnc2ccccc21)c1ccccc1. The van der Waals surface area contributed by atoms with Crippen LogP contribution < -0.4 is 0 Å². The molecule has 144 valence electrons. The lowest BCUT2D eigenvalue weighted by Gasteiger charge is -2.25. The molecule has 29 heavy (non-hydrogen) atoms. The van der Waals surface area contributed by atoms with E-state index in [1.54, 1.807) is 0 Å². The molecule has 0 saturated carbocycles. The molecular weight excluding hydrogens is 382 g/mol. The number of rotatable bonds is 7. The molecule has 0 saturated heterocycles. The van der Waals surface area contributed by atoms with E-state index in [9.17, 15) is 4.79 Å². The highest BCUT2D eigenvalue weighted by Gasteiger charge is 2.28. The Morgan fingerprint density at radius 2 is 1.59 bits per heavy atom. The second-order valence-electron chi connectivity index (χ2n) is 6.84. The fourth-order valence-electron chi connectivity index (χ4n) is 3.65. The van der Waals surface area contributed by atoms with Gasteiger partial charge in [-0.1, -0.05) is 89.6 Å². The van der Waals surface area contributed by atoms with Crippen LogP contribution in [0.4, 0.5) is 0 Å². The summed E-state index contributed by atoms with van der Waals surface area (Å²) >= 11 is 6.02. The number of aromatic nitrogens is 3. The Morgan fingerprint density at radius 3 is 2.31 bits per heavy atom. The molecule has 1 aromatic heterocycles. The molecule has 5 heteroatoms. The highest BCUT2D eigenvalue weighted by molar-refractivity contribution is 6.25. The van der Waals surface area contributed by atoms with E-state index in [4.69, 9.17) is 11.6 Å². The molecule has 2 atom stereocenters. The Balaban J connectivity index is 1.78. The number of Topliss-reactive ketones (excluding diaryl/α,β-unsaturated/α-hetero) is 1. The molecule has 4 rings (SSSR count). The zero-order valence-electron chi connectivity index (χ0n) is 15.7. The zero-order valence-corrected chi connectivity index (χ0v) is 16.5. The number of carbonyl (C=O) groups excluding carboxylic acids is 1. The summed E-state index contributed by atoms with van der Waals surface area (Å²) in [4.78, 5) is 13.1. The first-order valence-corrected chi connectivity index (χ1v) is 9.91. The first-order valence-electron chi connectivity index (χ1n) is 9.48. The van der Waals surface area contributed by atoms with Gasteiger partial charge in [0.05, 0.1) is 11.6 Å². The van der Waals surface area contributed by atoms with Crippen LogP contribution in [0.3, 0.4) is 0 Å². The second kappa shape index (κ2) is 8.84. The molecule has 2 unspecified atom stereocenters. The summed E-state index contributed by atoms with van der Waals surface area (Å²) in [5, 5.41) is 8.67. The van der Waals surface area contributed by atoms with Gasteiger partial charge in [0.2, 0.25) is 0 Å². The van der Waals surface area contributed by atoms with E-state index in [-0.39, 0.29) is 17.7 Å². The molecule has 3 aromatic carbocycles. The third-order valence-electron chi connectivity index (χ3n) is 5.07. The first kappa shape index (κ1) is 19.1. The standard InChI is InChI=1S/C24H20ClN3O/c25-16-15-22(28-23-14-8-7-13-21(23)26-27-28)20(18-9-3-1-4-10-18)17-24(29)19-11-5-2-6-12-19/h1-16,20,22H,17H2/b16-15+. The predicted octanol–water partition coefficient (Wildman–Crippen LogP) is 5.78. The highest BCUT2D eigenvalue weighted by Crippen LogP contribution is 2.35. The van der Waals surface area contributed by atoms with Gasteiger partial charge in [-0.2, -0.15) is 0 Å². The molecule has 0 radical (unpaired) electrons. The van der Waals surface area contributed by atoms with Gasteiger partial charge in [-0.3, -0.25) is 4.79 Å². The van der Waals surface area contributed by atoms with Crippen LogP contribution in [0.1, 0.15) is 34.3 Å². The van der Waals surface area contributed by atoms with Crippen LogP contribution in [0, 0.1) is 0 Å². The van der Waals surface area contributed by atoms with Crippen LogP contribution in [0.15, 0.2) is 96.5 Å². The monoisotopic (exact) mass is 401 g/mol. The molecule has 0 aliphatic heterocycles. The van der Waals surface area contributed by atoms with E-state index in [0.29, 0.717) is 12.0 Å². The average molecular weight is 402 g/mol. The van der Waals surface area contributed by atoms with Gasteiger partial charge in [0, 0.05) is 23.4 Å². The maximum atomic E-state index is 13.1. The Labute approximate surface area is 174 Å². The number of ketones is 1. The zero-order chi connectivity index (χ0) is 20.1. The van der Waals surface area contributed by atoms with Gasteiger partial charge in [-0.25, -0.2) is 4.68 Å². The number of carbonyl (C=O) groups is 1. The second-order valence-corrected chi connectivity index (χ2v) is 7.09. The van der Waals surface area contributed by atoms with Crippen LogP contribution in [0.2, 0.25) is 0 Å². The largest absolute Gasteiger partial charge is 0.294 e. The van der Waals surface area contributed by atoms with Crippen LogP contribution in [0.5, 0.6) is 0 Å². The Morgan fingerprint density at radius 1 is 0.931 bits per heavy atom. The van der Waals surface area contributed by atoms with E-state index in [2.05, 4.69) is 10.3 Å². The molecular formula is C24H20ClN3O. The van der Waals surface area contributed by atoms with Gasteiger partial charge in [0.15, 0.2) is 5.78 Å². The van der Waals surface area contributed by atoms with Gasteiger partial charge in [-0.05, 0) is 23.8 Å². The summed E-state index contributed by atoms with van der Waals surface area (Å²) in [6, 6.07) is 26.9. The molecule has 4 nitrogen and oxygen atoms in total. The molecule has 0 spiro atoms. The topological polar surface area (TPSA) is 47.8 Å². The fourth-order valence-corrected chi connectivity index (χ4v) is 3.79. The van der Waals surface area contributed by atoms with E-state index < -0.39 is 0 Å². The Kier molecular flexibility index (Phi) is 5.82. The smallest absolute Gasteiger partial charge is 0.163 e. The summed E-state index contributed by atoms with van der Waals surface area (Å²) in [6.07, 6.45) is 2.20. The van der Waals surface area contributed by atoms with Crippen molar-refractivity contribution in [3.8, 4) is 0 Å². The maximum Gasteiger partial charge on any atom is 0.163 e. The lowest BCUT2D eigenvalue weighted by molar-refractivity contribution is 0.0967. The van der Waals surface area contributed by atoms with Crippen molar-refractivity contribution in [2.45, 2.75) is 18.4 Å². The van der Waals surface area contributed by atoms with Crippen molar-refractivity contribution < 1.29 is 4.79 Å². The lowest BCUT2D eigenvalue weighted by Crippen LogP contribution is -2.20. The minimum atomic E-state index is -0.255. The average Bonchev–Trinajstić information content (AvgIpc) is 3.21. The molecule has 0 fully saturated rings. The molecule has 0 aliphatic rings. The van der Waals surface area contributed by atoms with Crippen molar-refractivity contribution in [2.24, 2.45) is 0 Å². The number of para-hydroxylation sites is 1. The van der Waals surface area contributed by atoms with E-state index in [1.165, 1.54) is 5.54 Å². The maximum absolute atomic E-state index is 13.1. The Bertz CT molecular complexity index is 1120. The van der Waals surface area contributed by atoms with Gasteiger partial charge >= 0.3 is 0 Å². The normalized spacial score (nSPS) is 13.6. The molecule has 4 aromatic rings. The number of hydrogen-bond acceptors (Lipinski definition) is 3. The summed E-state index contributed by atoms with van der Waals surface area (Å²) in [5.41, 5.74) is 4.95. The molecule has 0 N–H and O–H groups in total. The van der Waals surface area contributed by atoms with Crippen LogP contribution >= 0.6 is 11.6 Å². The summed E-state index contributed by atoms with van der Waals surface area (Å²) in [7, 11) is 0. The minimum Gasteiger partial charge on any atom is -0.294 e. The fraction of sp³-hybridized carbons (Fsp3) is 0.125. The quantitative estimate of drug-likeness (QED) is 0.369. The molecule has 0 amide bonds. The summed E-state index contributed by atoms with van der Waals surface area (Å²) in [6.45, 7) is 0.